The lowest BCUT2D eigenvalue weighted by atomic mass is 9.90. The van der Waals surface area contributed by atoms with Gasteiger partial charge in [0.1, 0.15) is 5.21 Å². The van der Waals surface area contributed by atoms with Crippen molar-refractivity contribution < 1.29 is 13.2 Å². The summed E-state index contributed by atoms with van der Waals surface area (Å²) >= 11 is 5.23. The molecule has 13 heavy (non-hydrogen) atoms. The quantitative estimate of drug-likeness (QED) is 0.703. The van der Waals surface area contributed by atoms with Gasteiger partial charge in [-0.2, -0.15) is 0 Å². The maximum absolute atomic E-state index is 11.0. The molecule has 0 amide bonds. The lowest BCUT2D eigenvalue weighted by Gasteiger charge is -2.34. The van der Waals surface area contributed by atoms with Crippen LogP contribution in [0.2, 0.25) is 0 Å². The molecular weight excluding hydrogens is 214 g/mol. The molecule has 0 spiro atoms. The monoisotopic (exact) mass is 227 g/mol. The van der Waals surface area contributed by atoms with Crippen LogP contribution in [-0.2, 0) is 14.8 Å². The summed E-state index contributed by atoms with van der Waals surface area (Å²) in [6, 6.07) is 0.0142. The second-order valence-electron chi connectivity index (χ2n) is 3.09. The van der Waals surface area contributed by atoms with Crippen molar-refractivity contribution in [1.82, 2.24) is 4.72 Å². The van der Waals surface area contributed by atoms with Gasteiger partial charge < -0.3 is 4.74 Å². The van der Waals surface area contributed by atoms with Gasteiger partial charge >= 0.3 is 0 Å². The number of rotatable bonds is 5. The molecule has 0 heterocycles. The highest BCUT2D eigenvalue weighted by atomic mass is 35.5. The van der Waals surface area contributed by atoms with E-state index in [9.17, 15) is 8.42 Å². The predicted octanol–water partition coefficient (Wildman–Crippen LogP) is 0.670. The number of nitrogens with one attached hydrogen (secondary N) is 1. The third kappa shape index (κ3) is 3.42. The topological polar surface area (TPSA) is 55.4 Å². The number of hydrogen-bond donors (Lipinski definition) is 1. The summed E-state index contributed by atoms with van der Waals surface area (Å²) in [5, 5.41) is -0.372. The molecule has 0 unspecified atom stereocenters. The van der Waals surface area contributed by atoms with E-state index in [1.165, 1.54) is 0 Å². The smallest absolute Gasteiger partial charge is 0.225 e. The van der Waals surface area contributed by atoms with Crippen LogP contribution in [0.15, 0.2) is 0 Å². The summed E-state index contributed by atoms with van der Waals surface area (Å²) in [5.41, 5.74) is 0. The minimum absolute atomic E-state index is 0.0142. The van der Waals surface area contributed by atoms with Crippen LogP contribution in [0.5, 0.6) is 0 Å². The average molecular weight is 228 g/mol. The molecule has 1 N–H and O–H groups in total. The lowest BCUT2D eigenvalue weighted by Crippen LogP contribution is -2.47. The number of hydrogen-bond acceptors (Lipinski definition) is 3. The fourth-order valence-electron chi connectivity index (χ4n) is 1.32. The minimum atomic E-state index is -3.26. The van der Waals surface area contributed by atoms with Gasteiger partial charge in [-0.1, -0.05) is 0 Å². The fraction of sp³-hybridized carbons (Fsp3) is 1.00. The maximum atomic E-state index is 11.0. The van der Waals surface area contributed by atoms with E-state index in [0.717, 1.165) is 12.8 Å². The van der Waals surface area contributed by atoms with Crippen molar-refractivity contribution in [3.8, 4) is 0 Å². The fourth-order valence-corrected chi connectivity index (χ4v) is 2.27. The van der Waals surface area contributed by atoms with Gasteiger partial charge in [0.2, 0.25) is 10.0 Å². The molecule has 0 atom stereocenters. The molecule has 6 heteroatoms. The molecule has 0 aromatic carbocycles. The number of ether oxygens (including phenoxy) is 1. The molecule has 0 aliphatic heterocycles. The van der Waals surface area contributed by atoms with Gasteiger partial charge in [-0.15, -0.1) is 11.6 Å². The number of alkyl halides is 1. The SMILES string of the molecule is CCOC1CC(NS(=O)(=O)CCl)C1. The first-order chi connectivity index (χ1) is 6.07. The Balaban J connectivity index is 2.22. The lowest BCUT2D eigenvalue weighted by molar-refractivity contribution is -0.00472. The van der Waals surface area contributed by atoms with Gasteiger partial charge in [-0.25, -0.2) is 13.1 Å². The van der Waals surface area contributed by atoms with Crippen molar-refractivity contribution in [3.05, 3.63) is 0 Å². The molecule has 0 bridgehead atoms. The van der Waals surface area contributed by atoms with Crippen LogP contribution in [0.1, 0.15) is 19.8 Å². The second kappa shape index (κ2) is 4.59. The van der Waals surface area contributed by atoms with Crippen molar-refractivity contribution in [2.75, 3.05) is 11.8 Å². The molecule has 1 aliphatic carbocycles. The Labute approximate surface area is 83.7 Å². The Kier molecular flexibility index (Phi) is 3.97. The molecule has 1 aliphatic rings. The standard InChI is InChI=1S/C7H14ClNO3S/c1-2-12-7-3-6(4-7)9-13(10,11)5-8/h6-7,9H,2-5H2,1H3. The number of halogens is 1. The highest BCUT2D eigenvalue weighted by Gasteiger charge is 2.32. The van der Waals surface area contributed by atoms with E-state index < -0.39 is 10.0 Å². The zero-order chi connectivity index (χ0) is 9.90. The van der Waals surface area contributed by atoms with Crippen LogP contribution in [-0.4, -0.2) is 32.4 Å². The first-order valence-corrected chi connectivity index (χ1v) is 6.43. The summed E-state index contributed by atoms with van der Waals surface area (Å²) in [6.45, 7) is 2.61. The highest BCUT2D eigenvalue weighted by Crippen LogP contribution is 2.23. The highest BCUT2D eigenvalue weighted by molar-refractivity contribution is 7.90. The molecule has 0 aromatic heterocycles. The minimum Gasteiger partial charge on any atom is -0.378 e. The summed E-state index contributed by atoms with van der Waals surface area (Å²) in [7, 11) is -3.26. The van der Waals surface area contributed by atoms with E-state index in [4.69, 9.17) is 16.3 Å². The number of sulfonamides is 1. The largest absolute Gasteiger partial charge is 0.378 e. The Morgan fingerprint density at radius 3 is 2.62 bits per heavy atom. The van der Waals surface area contributed by atoms with Crippen LogP contribution < -0.4 is 4.72 Å². The molecule has 0 radical (unpaired) electrons. The first kappa shape index (κ1) is 11.2. The second-order valence-corrected chi connectivity index (χ2v) is 5.43. The maximum Gasteiger partial charge on any atom is 0.225 e. The van der Waals surface area contributed by atoms with Gasteiger partial charge in [0.05, 0.1) is 6.10 Å². The Hall–Kier alpha value is 0.160. The molecule has 78 valence electrons. The Morgan fingerprint density at radius 2 is 2.15 bits per heavy atom. The molecule has 0 aromatic rings. The third-order valence-electron chi connectivity index (χ3n) is 1.99. The summed E-state index contributed by atoms with van der Waals surface area (Å²) in [4.78, 5) is 0. The predicted molar refractivity (Wildman–Crippen MR) is 51.2 cm³/mol. The average Bonchev–Trinajstić information content (AvgIpc) is 2.01. The van der Waals surface area contributed by atoms with E-state index >= 15 is 0 Å². The van der Waals surface area contributed by atoms with Crippen LogP contribution in [0.4, 0.5) is 0 Å². The van der Waals surface area contributed by atoms with Crippen LogP contribution in [0, 0.1) is 0 Å². The van der Waals surface area contributed by atoms with Gasteiger partial charge in [0, 0.05) is 12.6 Å². The third-order valence-corrected chi connectivity index (χ3v) is 3.83. The molecule has 1 saturated carbocycles. The summed E-state index contributed by atoms with van der Waals surface area (Å²) < 4.78 is 29.7. The van der Waals surface area contributed by atoms with E-state index in [-0.39, 0.29) is 17.4 Å². The Bertz CT molecular complexity index is 248. The van der Waals surface area contributed by atoms with Crippen LogP contribution in [0.25, 0.3) is 0 Å². The van der Waals surface area contributed by atoms with Gasteiger partial charge in [0.15, 0.2) is 0 Å². The van der Waals surface area contributed by atoms with Gasteiger partial charge in [0.25, 0.3) is 0 Å². The van der Waals surface area contributed by atoms with E-state index in [2.05, 4.69) is 4.72 Å². The van der Waals surface area contributed by atoms with Crippen LogP contribution in [0.3, 0.4) is 0 Å². The van der Waals surface area contributed by atoms with E-state index in [0.29, 0.717) is 6.61 Å². The summed E-state index contributed by atoms with van der Waals surface area (Å²) in [6.07, 6.45) is 1.72. The van der Waals surface area contributed by atoms with Gasteiger partial charge in [-0.05, 0) is 19.8 Å². The van der Waals surface area contributed by atoms with E-state index in [1.807, 2.05) is 6.92 Å². The molecular formula is C7H14ClNO3S. The van der Waals surface area contributed by atoms with Gasteiger partial charge in [-0.3, -0.25) is 0 Å². The van der Waals surface area contributed by atoms with Crippen molar-refractivity contribution in [2.45, 2.75) is 31.9 Å². The molecule has 1 fully saturated rings. The van der Waals surface area contributed by atoms with Crippen molar-refractivity contribution in [3.63, 3.8) is 0 Å². The molecule has 0 saturated heterocycles. The molecule has 1 rings (SSSR count). The normalized spacial score (nSPS) is 28.5. The zero-order valence-corrected chi connectivity index (χ0v) is 9.07. The van der Waals surface area contributed by atoms with Crippen molar-refractivity contribution >= 4 is 21.6 Å². The zero-order valence-electron chi connectivity index (χ0n) is 7.49. The van der Waals surface area contributed by atoms with Crippen molar-refractivity contribution in [2.24, 2.45) is 0 Å². The van der Waals surface area contributed by atoms with E-state index in [1.54, 1.807) is 0 Å². The Morgan fingerprint density at radius 1 is 1.54 bits per heavy atom. The first-order valence-electron chi connectivity index (χ1n) is 4.25. The van der Waals surface area contributed by atoms with Crippen LogP contribution >= 0.6 is 11.6 Å². The van der Waals surface area contributed by atoms with Crippen molar-refractivity contribution in [1.29, 1.82) is 0 Å². The summed E-state index contributed by atoms with van der Waals surface area (Å²) in [5.74, 6) is 0. The molecule has 4 nitrogen and oxygen atoms in total.